The first-order chi connectivity index (χ1) is 18.0. The molecule has 2 saturated heterocycles. The van der Waals surface area contributed by atoms with E-state index in [-0.39, 0.29) is 24.2 Å². The lowest BCUT2D eigenvalue weighted by molar-refractivity contribution is -0.132. The van der Waals surface area contributed by atoms with Crippen molar-refractivity contribution in [2.24, 2.45) is 17.8 Å². The molecule has 0 unspecified atom stereocenters. The average molecular weight is 531 g/mol. The van der Waals surface area contributed by atoms with Crippen LogP contribution in [-0.2, 0) is 16.0 Å². The van der Waals surface area contributed by atoms with Gasteiger partial charge in [0.25, 0.3) is 0 Å². The van der Waals surface area contributed by atoms with Gasteiger partial charge in [-0.05, 0) is 67.9 Å². The van der Waals surface area contributed by atoms with E-state index in [1.165, 1.54) is 12.5 Å². The van der Waals surface area contributed by atoms with Crippen LogP contribution in [0.5, 0.6) is 5.75 Å². The summed E-state index contributed by atoms with van der Waals surface area (Å²) >= 11 is 5.90. The molecule has 9 heteroatoms. The number of halogens is 2. The summed E-state index contributed by atoms with van der Waals surface area (Å²) in [5.74, 6) is 3.05. The molecule has 1 aliphatic carbocycles. The van der Waals surface area contributed by atoms with Crippen molar-refractivity contribution < 1.29 is 18.7 Å². The Kier molecular flexibility index (Phi) is 8.45. The number of benzene rings is 1. The maximum absolute atomic E-state index is 14.7. The highest BCUT2D eigenvalue weighted by Gasteiger charge is 2.43. The molecule has 0 N–H and O–H groups in total. The third-order valence-electron chi connectivity index (χ3n) is 8.19. The largest absolute Gasteiger partial charge is 0.493 e. The van der Waals surface area contributed by atoms with Gasteiger partial charge in [-0.3, -0.25) is 4.79 Å². The minimum atomic E-state index is -0.380. The Morgan fingerprint density at radius 2 is 1.95 bits per heavy atom. The van der Waals surface area contributed by atoms with Crippen LogP contribution >= 0.6 is 11.6 Å². The molecule has 3 aliphatic rings. The Bertz CT molecular complexity index is 1060. The number of methoxy groups -OCH3 is 1. The fraction of sp³-hybridized carbons (Fsp3) is 0.607. The van der Waals surface area contributed by atoms with E-state index in [1.807, 2.05) is 4.90 Å². The SMILES string of the molecule is COC[C@@H]1CCCN1C(=O)Cc1ccc(OCC[C@@H]2C[C@@H]2C2CCN(c3ncc(Cl)cn3)CC2)cc1F. The van der Waals surface area contributed by atoms with Crippen molar-refractivity contribution in [3.8, 4) is 5.75 Å². The van der Waals surface area contributed by atoms with Gasteiger partial charge in [0, 0.05) is 32.8 Å². The van der Waals surface area contributed by atoms with Crippen molar-refractivity contribution in [1.29, 1.82) is 0 Å². The van der Waals surface area contributed by atoms with E-state index in [4.69, 9.17) is 21.1 Å². The third kappa shape index (κ3) is 6.52. The van der Waals surface area contributed by atoms with Crippen LogP contribution in [0.1, 0.15) is 44.1 Å². The lowest BCUT2D eigenvalue weighted by atomic mass is 9.90. The molecule has 0 spiro atoms. The molecule has 0 radical (unpaired) electrons. The monoisotopic (exact) mass is 530 g/mol. The van der Waals surface area contributed by atoms with Crippen LogP contribution in [0.25, 0.3) is 0 Å². The molecule has 200 valence electrons. The summed E-state index contributed by atoms with van der Waals surface area (Å²) < 4.78 is 25.8. The first-order valence-electron chi connectivity index (χ1n) is 13.4. The lowest BCUT2D eigenvalue weighted by Crippen LogP contribution is -2.39. The molecule has 1 aromatic heterocycles. The summed E-state index contributed by atoms with van der Waals surface area (Å²) in [6.45, 7) is 3.78. The molecule has 1 aromatic carbocycles. The van der Waals surface area contributed by atoms with Crippen LogP contribution in [-0.4, -0.2) is 66.8 Å². The molecule has 0 bridgehead atoms. The lowest BCUT2D eigenvalue weighted by Gasteiger charge is -2.32. The Morgan fingerprint density at radius 1 is 1.16 bits per heavy atom. The van der Waals surface area contributed by atoms with Crippen molar-refractivity contribution in [2.75, 3.05) is 44.9 Å². The normalized spacial score (nSPS) is 23.9. The Labute approximate surface area is 223 Å². The fourth-order valence-corrected chi connectivity index (χ4v) is 6.16. The molecule has 1 amide bonds. The maximum atomic E-state index is 14.7. The van der Waals surface area contributed by atoms with Crippen molar-refractivity contribution in [2.45, 2.75) is 51.0 Å². The van der Waals surface area contributed by atoms with Crippen LogP contribution in [0, 0.1) is 23.6 Å². The van der Waals surface area contributed by atoms with E-state index < -0.39 is 0 Å². The average Bonchev–Trinajstić information content (AvgIpc) is 3.52. The molecule has 3 fully saturated rings. The Hall–Kier alpha value is -2.45. The number of carbonyl (C=O) groups is 1. The standard InChI is InChI=1S/C28H36ClFN4O3/c1-36-18-23-3-2-9-34(23)27(35)14-21-4-5-24(15-26(21)30)37-12-8-20-13-25(20)19-6-10-33(11-7-19)28-31-16-22(29)17-32-28/h4-5,15-17,19-20,23,25H,2-3,6-14,18H2,1H3/t20-,23+,25-/m1/s1. The highest BCUT2D eigenvalue weighted by Crippen LogP contribution is 2.49. The second kappa shape index (κ2) is 11.9. The van der Waals surface area contributed by atoms with E-state index in [9.17, 15) is 9.18 Å². The molecule has 5 rings (SSSR count). The number of piperidine rings is 1. The summed E-state index contributed by atoms with van der Waals surface area (Å²) in [7, 11) is 1.64. The van der Waals surface area contributed by atoms with Crippen LogP contribution in [0.15, 0.2) is 30.6 Å². The summed E-state index contributed by atoms with van der Waals surface area (Å²) in [4.78, 5) is 25.5. The summed E-state index contributed by atoms with van der Waals surface area (Å²) in [5, 5.41) is 0.560. The van der Waals surface area contributed by atoms with Gasteiger partial charge >= 0.3 is 0 Å². The Balaban J connectivity index is 1.02. The van der Waals surface area contributed by atoms with Gasteiger partial charge in [0.05, 0.1) is 43.1 Å². The van der Waals surface area contributed by atoms with E-state index in [0.29, 0.717) is 42.0 Å². The molecule has 3 atom stereocenters. The number of rotatable bonds is 10. The predicted octanol–water partition coefficient (Wildman–Crippen LogP) is 4.77. The summed E-state index contributed by atoms with van der Waals surface area (Å²) in [6.07, 6.45) is 9.83. The second-order valence-electron chi connectivity index (χ2n) is 10.6. The highest BCUT2D eigenvalue weighted by atomic mass is 35.5. The number of likely N-dealkylation sites (tertiary alicyclic amines) is 1. The molecule has 37 heavy (non-hydrogen) atoms. The first-order valence-corrected chi connectivity index (χ1v) is 13.8. The van der Waals surface area contributed by atoms with Crippen LogP contribution in [0.2, 0.25) is 5.02 Å². The third-order valence-corrected chi connectivity index (χ3v) is 8.39. The first kappa shape index (κ1) is 26.2. The van der Waals surface area contributed by atoms with Crippen LogP contribution in [0.4, 0.5) is 10.3 Å². The van der Waals surface area contributed by atoms with Gasteiger partial charge in [-0.1, -0.05) is 17.7 Å². The fourth-order valence-electron chi connectivity index (χ4n) is 6.06. The molecule has 7 nitrogen and oxygen atoms in total. The number of hydrogen-bond acceptors (Lipinski definition) is 6. The van der Waals surface area contributed by atoms with Gasteiger partial charge in [-0.15, -0.1) is 0 Å². The highest BCUT2D eigenvalue weighted by molar-refractivity contribution is 6.30. The van der Waals surface area contributed by atoms with Gasteiger partial charge in [-0.25, -0.2) is 14.4 Å². The van der Waals surface area contributed by atoms with Gasteiger partial charge in [-0.2, -0.15) is 0 Å². The molecule has 2 aliphatic heterocycles. The van der Waals surface area contributed by atoms with Crippen molar-refractivity contribution in [3.63, 3.8) is 0 Å². The zero-order valence-electron chi connectivity index (χ0n) is 21.5. The predicted molar refractivity (Wildman–Crippen MR) is 140 cm³/mol. The zero-order valence-corrected chi connectivity index (χ0v) is 22.2. The Morgan fingerprint density at radius 3 is 2.68 bits per heavy atom. The topological polar surface area (TPSA) is 67.8 Å². The van der Waals surface area contributed by atoms with Crippen LogP contribution < -0.4 is 9.64 Å². The number of amides is 1. The van der Waals surface area contributed by atoms with Crippen molar-refractivity contribution >= 4 is 23.5 Å². The number of aromatic nitrogens is 2. The summed E-state index contributed by atoms with van der Waals surface area (Å²) in [6, 6.07) is 4.97. The number of ether oxygens (including phenoxy) is 2. The van der Waals surface area contributed by atoms with Crippen molar-refractivity contribution in [3.05, 3.63) is 47.0 Å². The van der Waals surface area contributed by atoms with Crippen LogP contribution in [0.3, 0.4) is 0 Å². The van der Waals surface area contributed by atoms with Gasteiger partial charge < -0.3 is 19.3 Å². The summed E-state index contributed by atoms with van der Waals surface area (Å²) in [5.41, 5.74) is 0.415. The molecule has 1 saturated carbocycles. The molecule has 3 heterocycles. The van der Waals surface area contributed by atoms with E-state index in [1.54, 1.807) is 31.6 Å². The van der Waals surface area contributed by atoms with Gasteiger partial charge in [0.15, 0.2) is 0 Å². The maximum Gasteiger partial charge on any atom is 0.227 e. The minimum Gasteiger partial charge on any atom is -0.493 e. The molecular weight excluding hydrogens is 495 g/mol. The minimum absolute atomic E-state index is 0.0431. The quantitative estimate of drug-likeness (QED) is 0.441. The number of hydrogen-bond donors (Lipinski definition) is 0. The van der Waals surface area contributed by atoms with Gasteiger partial charge in [0.1, 0.15) is 11.6 Å². The molecular formula is C28H36ClFN4O3. The van der Waals surface area contributed by atoms with E-state index in [2.05, 4.69) is 14.9 Å². The van der Waals surface area contributed by atoms with E-state index >= 15 is 0 Å². The van der Waals surface area contributed by atoms with Gasteiger partial charge in [0.2, 0.25) is 11.9 Å². The number of anilines is 1. The van der Waals surface area contributed by atoms with Crippen molar-refractivity contribution in [1.82, 2.24) is 14.9 Å². The zero-order chi connectivity index (χ0) is 25.8. The smallest absolute Gasteiger partial charge is 0.227 e. The molecule has 2 aromatic rings. The second-order valence-corrected chi connectivity index (χ2v) is 11.0. The number of carbonyl (C=O) groups excluding carboxylic acids is 1. The van der Waals surface area contributed by atoms with E-state index in [0.717, 1.165) is 63.0 Å². The number of nitrogens with zero attached hydrogens (tertiary/aromatic N) is 4.